The average molecular weight is 316 g/mol. The van der Waals surface area contributed by atoms with Gasteiger partial charge in [-0.2, -0.15) is 21.6 Å². The van der Waals surface area contributed by atoms with Crippen LogP contribution in [0.15, 0.2) is 18.7 Å². The van der Waals surface area contributed by atoms with Crippen LogP contribution in [0.3, 0.4) is 0 Å². The molecule has 1 aromatic rings. The molecule has 9 heteroatoms. The lowest BCUT2D eigenvalue weighted by Gasteiger charge is -2.11. The van der Waals surface area contributed by atoms with Gasteiger partial charge in [0.05, 0.1) is 6.33 Å². The minimum Gasteiger partial charge on any atom is -0.335 e. The highest BCUT2D eigenvalue weighted by Gasteiger charge is 2.44. The number of rotatable bonds is 5. The molecule has 0 aromatic carbocycles. The zero-order valence-corrected chi connectivity index (χ0v) is 12.2. The Morgan fingerprint density at radius 1 is 1.35 bits per heavy atom. The van der Waals surface area contributed by atoms with Crippen molar-refractivity contribution >= 4 is 10.1 Å². The van der Waals surface area contributed by atoms with E-state index in [1.807, 2.05) is 18.7 Å². The summed E-state index contributed by atoms with van der Waals surface area (Å²) in [5, 5.41) is 0. The Labute approximate surface area is 116 Å². The van der Waals surface area contributed by atoms with Crippen molar-refractivity contribution in [1.82, 2.24) is 9.55 Å². The standard InChI is InChI=1S/C10H18N2.CHF3O3S/c1-3-4-5-6-10(2)12-8-7-11-9-12;2-1(3,4)8(5,6)7/h7-10H,3-6H2,1-2H3;(H,5,6,7). The molecule has 0 fully saturated rings. The number of halogens is 3. The first-order chi connectivity index (χ1) is 9.09. The van der Waals surface area contributed by atoms with Crippen LogP contribution in [0.2, 0.25) is 0 Å². The minimum absolute atomic E-state index is 0.610. The molecule has 1 aromatic heterocycles. The molecule has 0 aliphatic carbocycles. The van der Waals surface area contributed by atoms with Crippen molar-refractivity contribution in [3.05, 3.63) is 18.7 Å². The fourth-order valence-electron chi connectivity index (χ4n) is 1.37. The maximum Gasteiger partial charge on any atom is 0.522 e. The zero-order chi connectivity index (χ0) is 15.8. The molecule has 1 unspecified atom stereocenters. The third-order valence-corrected chi connectivity index (χ3v) is 3.14. The van der Waals surface area contributed by atoms with E-state index in [0.717, 1.165) is 0 Å². The van der Waals surface area contributed by atoms with E-state index in [1.54, 1.807) is 0 Å². The molecule has 0 radical (unpaired) electrons. The Morgan fingerprint density at radius 2 is 1.90 bits per heavy atom. The van der Waals surface area contributed by atoms with Crippen molar-refractivity contribution in [2.24, 2.45) is 0 Å². The second kappa shape index (κ2) is 8.25. The normalized spacial score (nSPS) is 13.5. The van der Waals surface area contributed by atoms with E-state index in [9.17, 15) is 13.2 Å². The average Bonchev–Trinajstić information content (AvgIpc) is 2.80. The number of alkyl halides is 3. The van der Waals surface area contributed by atoms with Crippen LogP contribution in [-0.2, 0) is 10.1 Å². The maximum atomic E-state index is 10.7. The molecule has 1 N–H and O–H groups in total. The molecule has 1 atom stereocenters. The molecular weight excluding hydrogens is 297 g/mol. The van der Waals surface area contributed by atoms with Gasteiger partial charge in [-0.1, -0.05) is 26.2 Å². The van der Waals surface area contributed by atoms with Gasteiger partial charge in [0.1, 0.15) is 0 Å². The smallest absolute Gasteiger partial charge is 0.335 e. The summed E-state index contributed by atoms with van der Waals surface area (Å²) < 4.78 is 59.7. The lowest BCUT2D eigenvalue weighted by Crippen LogP contribution is -2.21. The van der Waals surface area contributed by atoms with E-state index < -0.39 is 15.6 Å². The predicted molar refractivity (Wildman–Crippen MR) is 68.7 cm³/mol. The Balaban J connectivity index is 0.000000396. The van der Waals surface area contributed by atoms with Crippen molar-refractivity contribution in [2.45, 2.75) is 51.1 Å². The molecule has 1 rings (SSSR count). The highest BCUT2D eigenvalue weighted by Crippen LogP contribution is 2.20. The van der Waals surface area contributed by atoms with Gasteiger partial charge in [0, 0.05) is 18.4 Å². The second-order valence-corrected chi connectivity index (χ2v) is 5.69. The molecule has 0 amide bonds. The number of imidazole rings is 1. The van der Waals surface area contributed by atoms with Gasteiger partial charge in [0.2, 0.25) is 0 Å². The molecule has 0 aliphatic heterocycles. The highest BCUT2D eigenvalue weighted by molar-refractivity contribution is 7.86. The first-order valence-electron chi connectivity index (χ1n) is 6.10. The summed E-state index contributed by atoms with van der Waals surface area (Å²) in [5.41, 5.74) is -5.53. The Morgan fingerprint density at radius 3 is 2.25 bits per heavy atom. The van der Waals surface area contributed by atoms with Crippen LogP contribution in [0.25, 0.3) is 0 Å². The summed E-state index contributed by atoms with van der Waals surface area (Å²) in [6, 6.07) is 0.610. The van der Waals surface area contributed by atoms with Crippen molar-refractivity contribution < 1.29 is 26.1 Å². The van der Waals surface area contributed by atoms with E-state index in [0.29, 0.717) is 6.04 Å². The van der Waals surface area contributed by atoms with Gasteiger partial charge in [-0.05, 0) is 13.3 Å². The van der Waals surface area contributed by atoms with E-state index in [4.69, 9.17) is 13.0 Å². The number of hydrogen-bond donors (Lipinski definition) is 1. The van der Waals surface area contributed by atoms with Crippen LogP contribution in [-0.4, -0.2) is 28.0 Å². The quantitative estimate of drug-likeness (QED) is 0.513. The van der Waals surface area contributed by atoms with Crippen LogP contribution in [0, 0.1) is 0 Å². The van der Waals surface area contributed by atoms with Gasteiger partial charge in [-0.15, -0.1) is 0 Å². The Kier molecular flexibility index (Phi) is 7.80. The van der Waals surface area contributed by atoms with Crippen molar-refractivity contribution in [1.29, 1.82) is 0 Å². The van der Waals surface area contributed by atoms with E-state index in [1.165, 1.54) is 25.7 Å². The number of nitrogens with zero attached hydrogens (tertiary/aromatic N) is 2. The van der Waals surface area contributed by atoms with Crippen LogP contribution < -0.4 is 0 Å². The maximum absolute atomic E-state index is 10.7. The number of unbranched alkanes of at least 4 members (excludes halogenated alkanes) is 2. The molecule has 5 nitrogen and oxygen atoms in total. The molecule has 0 spiro atoms. The summed E-state index contributed by atoms with van der Waals surface area (Å²) in [5.74, 6) is 0. The number of aromatic nitrogens is 2. The zero-order valence-electron chi connectivity index (χ0n) is 11.3. The van der Waals surface area contributed by atoms with E-state index in [2.05, 4.69) is 23.4 Å². The fourth-order valence-corrected chi connectivity index (χ4v) is 1.37. The summed E-state index contributed by atoms with van der Waals surface area (Å²) >= 11 is 0. The van der Waals surface area contributed by atoms with Gasteiger partial charge in [-0.25, -0.2) is 4.98 Å². The van der Waals surface area contributed by atoms with Crippen LogP contribution in [0.4, 0.5) is 13.2 Å². The lowest BCUT2D eigenvalue weighted by molar-refractivity contribution is -0.0510. The number of hydrogen-bond acceptors (Lipinski definition) is 3. The molecule has 0 saturated carbocycles. The van der Waals surface area contributed by atoms with Crippen LogP contribution >= 0.6 is 0 Å². The molecular formula is C11H19F3N2O3S. The molecule has 0 aliphatic rings. The summed E-state index contributed by atoms with van der Waals surface area (Å²) in [4.78, 5) is 4.03. The monoisotopic (exact) mass is 316 g/mol. The summed E-state index contributed by atoms with van der Waals surface area (Å²) in [6.07, 6.45) is 11.0. The van der Waals surface area contributed by atoms with Gasteiger partial charge in [-0.3, -0.25) is 4.55 Å². The molecule has 1 heterocycles. The molecule has 0 saturated heterocycles. The molecule has 20 heavy (non-hydrogen) atoms. The Hall–Kier alpha value is -1.09. The third kappa shape index (κ3) is 7.49. The van der Waals surface area contributed by atoms with Crippen molar-refractivity contribution in [2.75, 3.05) is 0 Å². The topological polar surface area (TPSA) is 72.2 Å². The largest absolute Gasteiger partial charge is 0.522 e. The second-order valence-electron chi connectivity index (χ2n) is 4.28. The summed E-state index contributed by atoms with van der Waals surface area (Å²) in [6.45, 7) is 4.49. The van der Waals surface area contributed by atoms with E-state index >= 15 is 0 Å². The van der Waals surface area contributed by atoms with Crippen molar-refractivity contribution in [3.63, 3.8) is 0 Å². The van der Waals surface area contributed by atoms with Gasteiger partial charge in [0.15, 0.2) is 0 Å². The first-order valence-corrected chi connectivity index (χ1v) is 7.54. The van der Waals surface area contributed by atoms with E-state index in [-0.39, 0.29) is 0 Å². The minimum atomic E-state index is -5.84. The Bertz CT molecular complexity index is 458. The molecule has 118 valence electrons. The predicted octanol–water partition coefficient (Wildman–Crippen LogP) is 3.42. The van der Waals surface area contributed by atoms with Crippen molar-refractivity contribution in [3.8, 4) is 0 Å². The summed E-state index contributed by atoms with van der Waals surface area (Å²) in [7, 11) is -5.84. The van der Waals surface area contributed by atoms with Crippen LogP contribution in [0.1, 0.15) is 45.6 Å². The van der Waals surface area contributed by atoms with Gasteiger partial charge in [0.25, 0.3) is 0 Å². The van der Waals surface area contributed by atoms with Gasteiger partial charge >= 0.3 is 15.6 Å². The van der Waals surface area contributed by atoms with Crippen LogP contribution in [0.5, 0.6) is 0 Å². The van der Waals surface area contributed by atoms with Gasteiger partial charge < -0.3 is 4.57 Å². The lowest BCUT2D eigenvalue weighted by atomic mass is 10.1. The first kappa shape index (κ1) is 18.9. The fraction of sp³-hybridized carbons (Fsp3) is 0.727. The molecule has 0 bridgehead atoms. The third-order valence-electron chi connectivity index (χ3n) is 2.55. The highest BCUT2D eigenvalue weighted by atomic mass is 32.2. The SMILES string of the molecule is CCCCCC(C)n1ccnc1.O=S(=O)(O)C(F)(F)F.